The highest BCUT2D eigenvalue weighted by molar-refractivity contribution is 6.05. The maximum atomic E-state index is 13.2. The summed E-state index contributed by atoms with van der Waals surface area (Å²) in [7, 11) is 0. The van der Waals surface area contributed by atoms with Gasteiger partial charge < -0.3 is 15.4 Å². The second-order valence-corrected chi connectivity index (χ2v) is 9.66. The van der Waals surface area contributed by atoms with Crippen LogP contribution in [-0.4, -0.2) is 40.2 Å². The van der Waals surface area contributed by atoms with Crippen molar-refractivity contribution in [3.8, 4) is 5.88 Å². The molecule has 0 bridgehead atoms. The Morgan fingerprint density at radius 3 is 2.54 bits per heavy atom. The second-order valence-electron chi connectivity index (χ2n) is 9.66. The summed E-state index contributed by atoms with van der Waals surface area (Å²) in [5.74, 6) is -0.575. The summed E-state index contributed by atoms with van der Waals surface area (Å²) in [6.07, 6.45) is 5.52. The van der Waals surface area contributed by atoms with Crippen molar-refractivity contribution in [2.75, 3.05) is 13.1 Å². The highest BCUT2D eigenvalue weighted by Crippen LogP contribution is 2.28. The summed E-state index contributed by atoms with van der Waals surface area (Å²) in [5.41, 5.74) is 4.55. The molecule has 2 heterocycles. The van der Waals surface area contributed by atoms with E-state index in [2.05, 4.69) is 32.3 Å². The number of hydrogen-bond acceptors (Lipinski definition) is 4. The van der Waals surface area contributed by atoms with Gasteiger partial charge in [-0.2, -0.15) is 0 Å². The van der Waals surface area contributed by atoms with Crippen LogP contribution in [0.15, 0.2) is 71.7 Å². The van der Waals surface area contributed by atoms with Gasteiger partial charge in [-0.15, -0.1) is 0 Å². The number of carbonyl (C=O) groups is 1. The third-order valence-electron chi connectivity index (χ3n) is 6.93. The number of nitrogens with one attached hydrogen (secondary N) is 2. The van der Waals surface area contributed by atoms with E-state index < -0.39 is 0 Å². The van der Waals surface area contributed by atoms with Gasteiger partial charge in [0.2, 0.25) is 0 Å². The number of aromatic hydroxyl groups is 1. The molecule has 1 aromatic heterocycles. The van der Waals surface area contributed by atoms with Crippen LogP contribution < -0.4 is 5.32 Å². The third-order valence-corrected chi connectivity index (χ3v) is 6.93. The first kappa shape index (κ1) is 24.7. The molecule has 0 radical (unpaired) electrons. The Labute approximate surface area is 215 Å². The topological polar surface area (TPSA) is 80.7 Å². The molecule has 1 aliphatic rings. The summed E-state index contributed by atoms with van der Waals surface area (Å²) in [4.78, 5) is 22.8. The highest BCUT2D eigenvalue weighted by Gasteiger charge is 2.15. The van der Waals surface area contributed by atoms with Gasteiger partial charge in [-0.1, -0.05) is 36.8 Å². The van der Waals surface area contributed by atoms with Gasteiger partial charge in [0.25, 0.3) is 5.91 Å². The van der Waals surface area contributed by atoms with Crippen molar-refractivity contribution in [1.29, 1.82) is 0 Å². The van der Waals surface area contributed by atoms with Gasteiger partial charge in [0.1, 0.15) is 5.82 Å². The van der Waals surface area contributed by atoms with Crippen LogP contribution in [0.3, 0.4) is 0 Å². The number of nitrogens with zero attached hydrogens (tertiary/aromatic N) is 2. The number of halogens is 1. The Morgan fingerprint density at radius 2 is 1.81 bits per heavy atom. The quantitative estimate of drug-likeness (QED) is 0.264. The van der Waals surface area contributed by atoms with Crippen molar-refractivity contribution >= 4 is 28.7 Å². The molecule has 37 heavy (non-hydrogen) atoms. The van der Waals surface area contributed by atoms with Gasteiger partial charge in [-0.05, 0) is 80.4 Å². The van der Waals surface area contributed by atoms with E-state index in [0.717, 1.165) is 36.3 Å². The minimum absolute atomic E-state index is 0.00212. The van der Waals surface area contributed by atoms with Gasteiger partial charge in [0.15, 0.2) is 5.88 Å². The molecule has 3 aromatic carbocycles. The summed E-state index contributed by atoms with van der Waals surface area (Å²) < 4.78 is 13.2. The van der Waals surface area contributed by atoms with E-state index in [4.69, 9.17) is 0 Å². The van der Waals surface area contributed by atoms with E-state index in [-0.39, 0.29) is 23.6 Å². The lowest BCUT2D eigenvalue weighted by molar-refractivity contribution is 0.0940. The highest BCUT2D eigenvalue weighted by atomic mass is 19.1. The van der Waals surface area contributed by atoms with Crippen LogP contribution in [0.2, 0.25) is 0 Å². The molecular formula is C30H31FN4O2. The van der Waals surface area contributed by atoms with Gasteiger partial charge in [-0.3, -0.25) is 14.7 Å². The predicted octanol–water partition coefficient (Wildman–Crippen LogP) is 6.24. The largest absolute Gasteiger partial charge is 0.494 e. The number of carbonyl (C=O) groups excluding carboxylic acids is 1. The number of aromatic nitrogens is 1. The fourth-order valence-corrected chi connectivity index (χ4v) is 4.79. The normalized spacial score (nSPS) is 15.3. The van der Waals surface area contributed by atoms with E-state index in [1.54, 1.807) is 36.5 Å². The molecule has 1 fully saturated rings. The number of piperidine rings is 1. The molecule has 1 aliphatic heterocycles. The first-order valence-corrected chi connectivity index (χ1v) is 12.7. The van der Waals surface area contributed by atoms with Crippen molar-refractivity contribution in [1.82, 2.24) is 15.2 Å². The lowest BCUT2D eigenvalue weighted by Crippen LogP contribution is -2.28. The van der Waals surface area contributed by atoms with Crippen LogP contribution in [0.4, 0.5) is 10.1 Å². The summed E-state index contributed by atoms with van der Waals surface area (Å²) >= 11 is 0. The molecule has 5 rings (SSSR count). The Balaban J connectivity index is 1.27. The zero-order valence-corrected chi connectivity index (χ0v) is 20.9. The van der Waals surface area contributed by atoms with Gasteiger partial charge >= 0.3 is 0 Å². The average Bonchev–Trinajstić information content (AvgIpc) is 3.23. The number of fused-ring (bicyclic) bond motifs is 1. The van der Waals surface area contributed by atoms with Gasteiger partial charge in [-0.25, -0.2) is 4.39 Å². The molecule has 0 unspecified atom stereocenters. The maximum Gasteiger partial charge on any atom is 0.251 e. The molecule has 1 atom stereocenters. The molecular weight excluding hydrogens is 467 g/mol. The molecule has 7 heteroatoms. The molecule has 4 aromatic rings. The zero-order chi connectivity index (χ0) is 25.8. The number of benzene rings is 3. The zero-order valence-electron chi connectivity index (χ0n) is 20.9. The molecule has 190 valence electrons. The minimum atomic E-state index is -0.316. The molecule has 0 spiro atoms. The lowest BCUT2D eigenvalue weighted by atomic mass is 10.1. The molecule has 3 N–H and O–H groups in total. The Hall–Kier alpha value is -3.97. The van der Waals surface area contributed by atoms with Crippen molar-refractivity contribution in [2.24, 2.45) is 4.99 Å². The number of likely N-dealkylation sites (tertiary alicyclic amines) is 1. The van der Waals surface area contributed by atoms with E-state index in [0.29, 0.717) is 16.6 Å². The first-order chi connectivity index (χ1) is 18.0. The molecule has 0 saturated carbocycles. The van der Waals surface area contributed by atoms with Crippen molar-refractivity contribution < 1.29 is 14.3 Å². The smallest absolute Gasteiger partial charge is 0.251 e. The van der Waals surface area contributed by atoms with Crippen LogP contribution in [0.25, 0.3) is 10.9 Å². The number of rotatable bonds is 7. The van der Waals surface area contributed by atoms with Gasteiger partial charge in [0, 0.05) is 29.2 Å². The van der Waals surface area contributed by atoms with Crippen molar-refractivity contribution in [3.05, 3.63) is 94.8 Å². The molecule has 1 amide bonds. The van der Waals surface area contributed by atoms with Crippen molar-refractivity contribution in [3.63, 3.8) is 0 Å². The van der Waals surface area contributed by atoms with Crippen LogP contribution >= 0.6 is 0 Å². The van der Waals surface area contributed by atoms with Crippen molar-refractivity contribution in [2.45, 2.75) is 38.8 Å². The third kappa shape index (κ3) is 5.89. The standard InChI is InChI=1S/C30H31FN4O2/c1-20(22-7-10-24(31)11-8-22)33-29(36)23-9-14-26-27(30(37)34-28(26)17-23)18-32-25-12-5-21(6-13-25)19-35-15-3-2-4-16-35/h5-14,17-18,20,34,37H,2-4,15-16,19H2,1H3,(H,33,36)/t20-/m0/s1. The first-order valence-electron chi connectivity index (χ1n) is 12.7. The minimum Gasteiger partial charge on any atom is -0.494 e. The van der Waals surface area contributed by atoms with Gasteiger partial charge in [0.05, 0.1) is 17.3 Å². The van der Waals surface area contributed by atoms with E-state index in [1.807, 2.05) is 19.1 Å². The Morgan fingerprint density at radius 1 is 1.08 bits per heavy atom. The summed E-state index contributed by atoms with van der Waals surface area (Å²) in [5, 5.41) is 14.2. The molecule has 0 aliphatic carbocycles. The van der Waals surface area contributed by atoms with Crippen LogP contribution in [0.5, 0.6) is 5.88 Å². The Kier molecular flexibility index (Phi) is 7.32. The lowest BCUT2D eigenvalue weighted by Gasteiger charge is -2.26. The number of aliphatic imine (C=N–C) groups is 1. The van der Waals surface area contributed by atoms with Crippen LogP contribution in [0.1, 0.15) is 59.3 Å². The molecule has 6 nitrogen and oxygen atoms in total. The number of amides is 1. The van der Waals surface area contributed by atoms with Crippen LogP contribution in [0, 0.1) is 5.82 Å². The fraction of sp³-hybridized carbons (Fsp3) is 0.267. The summed E-state index contributed by atoms with van der Waals surface area (Å²) in [6, 6.07) is 19.2. The number of aromatic amines is 1. The number of hydrogen-bond donors (Lipinski definition) is 3. The monoisotopic (exact) mass is 498 g/mol. The van der Waals surface area contributed by atoms with Crippen LogP contribution in [-0.2, 0) is 6.54 Å². The van der Waals surface area contributed by atoms with E-state index in [9.17, 15) is 14.3 Å². The maximum absolute atomic E-state index is 13.2. The SMILES string of the molecule is C[C@H](NC(=O)c1ccc2c(C=Nc3ccc(CN4CCCCC4)cc3)c(O)[nH]c2c1)c1ccc(F)cc1. The Bertz CT molecular complexity index is 1400. The average molecular weight is 499 g/mol. The summed E-state index contributed by atoms with van der Waals surface area (Å²) in [6.45, 7) is 5.14. The number of H-pyrrole nitrogens is 1. The second kappa shape index (κ2) is 11.0. The predicted molar refractivity (Wildman–Crippen MR) is 145 cm³/mol. The van der Waals surface area contributed by atoms with E-state index >= 15 is 0 Å². The fourth-order valence-electron chi connectivity index (χ4n) is 4.79. The molecule has 1 saturated heterocycles. The van der Waals surface area contributed by atoms with E-state index in [1.165, 1.54) is 37.0 Å².